The van der Waals surface area contributed by atoms with E-state index in [1.807, 2.05) is 19.1 Å². The topological polar surface area (TPSA) is 64.9 Å². The van der Waals surface area contributed by atoms with Crippen molar-refractivity contribution >= 4 is 16.5 Å². The average molecular weight is 195 g/mol. The fraction of sp³-hybridized carbons (Fsp3) is 0.250. The van der Waals surface area contributed by atoms with Gasteiger partial charge < -0.3 is 10.2 Å². The van der Waals surface area contributed by atoms with E-state index in [2.05, 4.69) is 10.2 Å². The Morgan fingerprint density at radius 1 is 1.46 bits per heavy atom. The fourth-order valence-corrected chi connectivity index (χ4v) is 1.59. The van der Waals surface area contributed by atoms with Crippen molar-refractivity contribution in [2.24, 2.45) is 0 Å². The van der Waals surface area contributed by atoms with Crippen LogP contribution in [0.3, 0.4) is 0 Å². The molecule has 2 heterocycles. The standard InChI is InChI=1S/C8H9N3OS/c1-2-5-3-4-6(12-5)7-10-11-8(9)13-7/h3-4H,2H2,1H3,(H2,9,11). The van der Waals surface area contributed by atoms with Crippen molar-refractivity contribution in [2.45, 2.75) is 13.3 Å². The van der Waals surface area contributed by atoms with Gasteiger partial charge in [-0.05, 0) is 12.1 Å². The average Bonchev–Trinajstić information content (AvgIpc) is 2.71. The summed E-state index contributed by atoms with van der Waals surface area (Å²) in [5, 5.41) is 8.79. The zero-order valence-electron chi connectivity index (χ0n) is 7.15. The number of aromatic nitrogens is 2. The molecule has 2 aromatic heterocycles. The maximum atomic E-state index is 5.48. The fourth-order valence-electron chi connectivity index (χ4n) is 1.02. The van der Waals surface area contributed by atoms with Crippen molar-refractivity contribution in [3.8, 4) is 10.8 Å². The monoisotopic (exact) mass is 195 g/mol. The van der Waals surface area contributed by atoms with Crippen LogP contribution in [0, 0.1) is 0 Å². The van der Waals surface area contributed by atoms with Gasteiger partial charge in [-0.2, -0.15) is 0 Å². The number of aryl methyl sites for hydroxylation is 1. The van der Waals surface area contributed by atoms with Crippen molar-refractivity contribution in [2.75, 3.05) is 5.73 Å². The second kappa shape index (κ2) is 3.18. The van der Waals surface area contributed by atoms with Gasteiger partial charge in [0.1, 0.15) is 5.76 Å². The second-order valence-corrected chi connectivity index (χ2v) is 3.57. The summed E-state index contributed by atoms with van der Waals surface area (Å²) in [5.74, 6) is 1.69. The van der Waals surface area contributed by atoms with E-state index in [9.17, 15) is 0 Å². The molecule has 68 valence electrons. The molecule has 0 atom stereocenters. The SMILES string of the molecule is CCc1ccc(-c2nnc(N)s2)o1. The zero-order chi connectivity index (χ0) is 9.26. The molecule has 5 heteroatoms. The minimum Gasteiger partial charge on any atom is -0.459 e. The van der Waals surface area contributed by atoms with Gasteiger partial charge in [0.25, 0.3) is 0 Å². The lowest BCUT2D eigenvalue weighted by Gasteiger charge is -1.87. The summed E-state index contributed by atoms with van der Waals surface area (Å²) in [6.07, 6.45) is 0.883. The lowest BCUT2D eigenvalue weighted by atomic mass is 10.4. The Labute approximate surface area is 79.4 Å². The molecule has 0 saturated carbocycles. The highest BCUT2D eigenvalue weighted by atomic mass is 32.1. The minimum atomic E-state index is 0.462. The molecule has 4 nitrogen and oxygen atoms in total. The van der Waals surface area contributed by atoms with Gasteiger partial charge in [-0.1, -0.05) is 18.3 Å². The summed E-state index contributed by atoms with van der Waals surface area (Å²) in [6.45, 7) is 2.04. The molecule has 2 aromatic rings. The van der Waals surface area contributed by atoms with Gasteiger partial charge in [-0.3, -0.25) is 0 Å². The first kappa shape index (κ1) is 8.25. The van der Waals surface area contributed by atoms with Crippen LogP contribution in [0.4, 0.5) is 5.13 Å². The number of rotatable bonds is 2. The van der Waals surface area contributed by atoms with Crippen LogP contribution in [0.1, 0.15) is 12.7 Å². The summed E-state index contributed by atoms with van der Waals surface area (Å²) in [4.78, 5) is 0. The molecule has 2 rings (SSSR count). The number of hydrogen-bond donors (Lipinski definition) is 1. The smallest absolute Gasteiger partial charge is 0.203 e. The molecule has 0 aliphatic heterocycles. The van der Waals surface area contributed by atoms with Crippen LogP contribution in [0.15, 0.2) is 16.5 Å². The van der Waals surface area contributed by atoms with Gasteiger partial charge in [0.05, 0.1) is 0 Å². The second-order valence-electron chi connectivity index (χ2n) is 2.56. The minimum absolute atomic E-state index is 0.462. The maximum absolute atomic E-state index is 5.48. The molecule has 0 unspecified atom stereocenters. The highest BCUT2D eigenvalue weighted by molar-refractivity contribution is 7.18. The summed E-state index contributed by atoms with van der Waals surface area (Å²) < 4.78 is 5.48. The van der Waals surface area contributed by atoms with Crippen LogP contribution in [-0.4, -0.2) is 10.2 Å². The number of nitrogens with zero attached hydrogens (tertiary/aromatic N) is 2. The van der Waals surface area contributed by atoms with Crippen molar-refractivity contribution in [1.29, 1.82) is 0 Å². The van der Waals surface area contributed by atoms with E-state index in [-0.39, 0.29) is 0 Å². The van der Waals surface area contributed by atoms with Crippen molar-refractivity contribution in [3.05, 3.63) is 17.9 Å². The molecule has 0 aliphatic carbocycles. The highest BCUT2D eigenvalue weighted by Crippen LogP contribution is 2.26. The van der Waals surface area contributed by atoms with E-state index >= 15 is 0 Å². The molecule has 0 bridgehead atoms. The zero-order valence-corrected chi connectivity index (χ0v) is 7.97. The molecule has 0 radical (unpaired) electrons. The van der Waals surface area contributed by atoms with E-state index in [4.69, 9.17) is 10.2 Å². The van der Waals surface area contributed by atoms with E-state index in [1.165, 1.54) is 11.3 Å². The highest BCUT2D eigenvalue weighted by Gasteiger charge is 2.08. The molecule has 0 saturated heterocycles. The van der Waals surface area contributed by atoms with E-state index in [0.717, 1.165) is 22.9 Å². The number of nitrogen functional groups attached to an aromatic ring is 1. The van der Waals surface area contributed by atoms with Gasteiger partial charge in [0.2, 0.25) is 5.13 Å². The predicted molar refractivity (Wildman–Crippen MR) is 51.4 cm³/mol. The molecule has 0 spiro atoms. The summed E-state index contributed by atoms with van der Waals surface area (Å²) >= 11 is 1.33. The molecule has 13 heavy (non-hydrogen) atoms. The lowest BCUT2D eigenvalue weighted by Crippen LogP contribution is -1.79. The van der Waals surface area contributed by atoms with Crippen molar-refractivity contribution < 1.29 is 4.42 Å². The molecular weight excluding hydrogens is 186 g/mol. The van der Waals surface area contributed by atoms with Crippen molar-refractivity contribution in [1.82, 2.24) is 10.2 Å². The van der Waals surface area contributed by atoms with E-state index in [1.54, 1.807) is 0 Å². The molecule has 0 fully saturated rings. The molecule has 0 aromatic carbocycles. The van der Waals surface area contributed by atoms with Crippen LogP contribution in [0.5, 0.6) is 0 Å². The number of anilines is 1. The van der Waals surface area contributed by atoms with E-state index < -0.39 is 0 Å². The molecule has 0 amide bonds. The van der Waals surface area contributed by atoms with Gasteiger partial charge in [-0.15, -0.1) is 10.2 Å². The van der Waals surface area contributed by atoms with Crippen molar-refractivity contribution in [3.63, 3.8) is 0 Å². The van der Waals surface area contributed by atoms with Gasteiger partial charge in [-0.25, -0.2) is 0 Å². The van der Waals surface area contributed by atoms with Gasteiger partial charge >= 0.3 is 0 Å². The molecule has 0 aliphatic rings. The normalized spacial score (nSPS) is 10.5. The quantitative estimate of drug-likeness (QED) is 0.795. The number of nitrogens with two attached hydrogens (primary N) is 1. The third-order valence-electron chi connectivity index (χ3n) is 1.66. The molecule has 2 N–H and O–H groups in total. The summed E-state index contributed by atoms with van der Waals surface area (Å²) in [6, 6.07) is 3.83. The Balaban J connectivity index is 2.35. The van der Waals surface area contributed by atoms with Crippen LogP contribution >= 0.6 is 11.3 Å². The van der Waals surface area contributed by atoms with Crippen LogP contribution in [0.25, 0.3) is 10.8 Å². The number of furan rings is 1. The Bertz CT molecular complexity index is 407. The third-order valence-corrected chi connectivity index (χ3v) is 2.43. The van der Waals surface area contributed by atoms with Crippen LogP contribution in [0.2, 0.25) is 0 Å². The first-order valence-electron chi connectivity index (χ1n) is 3.97. The van der Waals surface area contributed by atoms with Crippen LogP contribution in [-0.2, 0) is 6.42 Å². The Morgan fingerprint density at radius 2 is 2.31 bits per heavy atom. The lowest BCUT2D eigenvalue weighted by molar-refractivity contribution is 0.528. The Hall–Kier alpha value is -1.36. The first-order valence-corrected chi connectivity index (χ1v) is 4.79. The van der Waals surface area contributed by atoms with Crippen LogP contribution < -0.4 is 5.73 Å². The summed E-state index contributed by atoms with van der Waals surface area (Å²) in [5.41, 5.74) is 5.46. The van der Waals surface area contributed by atoms with E-state index in [0.29, 0.717) is 5.13 Å². The third kappa shape index (κ3) is 1.55. The Morgan fingerprint density at radius 3 is 2.85 bits per heavy atom. The van der Waals surface area contributed by atoms with Gasteiger partial charge in [0, 0.05) is 6.42 Å². The Kier molecular flexibility index (Phi) is 2.02. The number of hydrogen-bond acceptors (Lipinski definition) is 5. The summed E-state index contributed by atoms with van der Waals surface area (Å²) in [7, 11) is 0. The molecular formula is C8H9N3OS. The largest absolute Gasteiger partial charge is 0.459 e. The first-order chi connectivity index (χ1) is 6.29. The maximum Gasteiger partial charge on any atom is 0.203 e. The van der Waals surface area contributed by atoms with Gasteiger partial charge in [0.15, 0.2) is 10.8 Å². The predicted octanol–water partition coefficient (Wildman–Crippen LogP) is 1.94.